The van der Waals surface area contributed by atoms with Gasteiger partial charge in [0.1, 0.15) is 6.04 Å². The van der Waals surface area contributed by atoms with Crippen LogP contribution in [0.25, 0.3) is 0 Å². The van der Waals surface area contributed by atoms with Gasteiger partial charge in [0.05, 0.1) is 5.41 Å². The fourth-order valence-electron chi connectivity index (χ4n) is 6.97. The third kappa shape index (κ3) is 3.28. The summed E-state index contributed by atoms with van der Waals surface area (Å²) < 4.78 is 0. The zero-order valence-corrected chi connectivity index (χ0v) is 17.2. The number of Topliss-reactive ketones (excluding diaryl/α,β-unsaturated/α-hetero) is 1. The van der Waals surface area contributed by atoms with Crippen LogP contribution < -0.4 is 5.32 Å². The number of amides is 2. The van der Waals surface area contributed by atoms with E-state index >= 15 is 0 Å². The second-order valence-corrected chi connectivity index (χ2v) is 9.98. The molecule has 1 aliphatic heterocycles. The van der Waals surface area contributed by atoms with E-state index in [4.69, 9.17) is 0 Å². The molecule has 4 bridgehead atoms. The Kier molecular flexibility index (Phi) is 4.52. The number of anilines is 1. The molecule has 0 aromatic heterocycles. The molecule has 1 atom stereocenters. The number of nitrogens with one attached hydrogen (secondary N) is 1. The lowest BCUT2D eigenvalue weighted by Crippen LogP contribution is -2.56. The number of ketones is 1. The average Bonchev–Trinajstić information content (AvgIpc) is 3.16. The second kappa shape index (κ2) is 6.96. The van der Waals surface area contributed by atoms with Gasteiger partial charge in [0.25, 0.3) is 0 Å². The maximum absolute atomic E-state index is 13.7. The molecule has 5 nitrogen and oxygen atoms in total. The molecule has 6 rings (SSSR count). The van der Waals surface area contributed by atoms with E-state index < -0.39 is 0 Å². The maximum atomic E-state index is 13.7. The summed E-state index contributed by atoms with van der Waals surface area (Å²) in [4.78, 5) is 40.0. The van der Waals surface area contributed by atoms with Gasteiger partial charge in [0, 0.05) is 17.8 Å². The second-order valence-electron chi connectivity index (χ2n) is 9.98. The predicted molar refractivity (Wildman–Crippen MR) is 110 cm³/mol. The smallest absolute Gasteiger partial charge is 0.247 e. The number of hydrogen-bond acceptors (Lipinski definition) is 3. The third-order valence-electron chi connectivity index (χ3n) is 7.87. The van der Waals surface area contributed by atoms with Crippen LogP contribution in [0.1, 0.15) is 68.6 Å². The van der Waals surface area contributed by atoms with Crippen molar-refractivity contribution in [1.82, 2.24) is 4.90 Å². The molecule has 4 saturated carbocycles. The highest BCUT2D eigenvalue weighted by molar-refractivity contribution is 5.99. The van der Waals surface area contributed by atoms with Gasteiger partial charge in [-0.2, -0.15) is 0 Å². The first kappa shape index (κ1) is 18.8. The third-order valence-corrected chi connectivity index (χ3v) is 7.87. The van der Waals surface area contributed by atoms with Crippen LogP contribution in [0.4, 0.5) is 5.69 Å². The summed E-state index contributed by atoms with van der Waals surface area (Å²) in [6, 6.07) is 6.60. The Balaban J connectivity index is 1.30. The summed E-state index contributed by atoms with van der Waals surface area (Å²) in [7, 11) is 0. The first-order chi connectivity index (χ1) is 13.9. The predicted octanol–water partition coefficient (Wildman–Crippen LogP) is 4.04. The minimum Gasteiger partial charge on any atom is -0.330 e. The largest absolute Gasteiger partial charge is 0.330 e. The number of likely N-dealkylation sites (tertiary alicyclic amines) is 1. The maximum Gasteiger partial charge on any atom is 0.247 e. The Hall–Kier alpha value is -2.17. The quantitative estimate of drug-likeness (QED) is 0.784. The molecule has 0 radical (unpaired) electrons. The molecule has 1 aromatic carbocycles. The SMILES string of the molecule is CC(=O)c1ccc(NC(=O)C2CCCN2C(=O)C23CC4CC(CC(C4)C2)C3)cc1. The average molecular weight is 395 g/mol. The number of carbonyl (C=O) groups is 3. The number of nitrogens with zero attached hydrogens (tertiary/aromatic N) is 1. The van der Waals surface area contributed by atoms with Gasteiger partial charge in [0.2, 0.25) is 11.8 Å². The Labute approximate surface area is 172 Å². The van der Waals surface area contributed by atoms with Crippen molar-refractivity contribution in [2.24, 2.45) is 23.2 Å². The molecule has 4 aliphatic carbocycles. The molecule has 154 valence electrons. The van der Waals surface area contributed by atoms with Crippen molar-refractivity contribution in [1.29, 1.82) is 0 Å². The number of benzene rings is 1. The Morgan fingerprint density at radius 1 is 0.966 bits per heavy atom. The number of hydrogen-bond donors (Lipinski definition) is 1. The van der Waals surface area contributed by atoms with Gasteiger partial charge < -0.3 is 10.2 Å². The number of carbonyl (C=O) groups excluding carboxylic acids is 3. The standard InChI is InChI=1S/C24H30N2O3/c1-15(27)19-4-6-20(7-5-19)25-22(28)21-3-2-8-26(21)23(29)24-12-16-9-17(13-24)11-18(10-16)14-24/h4-7,16-18,21H,2-3,8-14H2,1H3,(H,25,28). The minimum absolute atomic E-state index is 0.00557. The van der Waals surface area contributed by atoms with Crippen LogP contribution in [0.2, 0.25) is 0 Å². The van der Waals surface area contributed by atoms with E-state index in [2.05, 4.69) is 5.32 Å². The monoisotopic (exact) mass is 394 g/mol. The lowest BCUT2D eigenvalue weighted by molar-refractivity contribution is -0.160. The first-order valence-electron chi connectivity index (χ1n) is 11.2. The van der Waals surface area contributed by atoms with Crippen LogP contribution in [-0.4, -0.2) is 35.1 Å². The Morgan fingerprint density at radius 2 is 1.55 bits per heavy atom. The van der Waals surface area contributed by atoms with Gasteiger partial charge in [0.15, 0.2) is 5.78 Å². The molecule has 1 heterocycles. The summed E-state index contributed by atoms with van der Waals surface area (Å²) in [5, 5.41) is 2.96. The molecule has 5 fully saturated rings. The van der Waals surface area contributed by atoms with Crippen molar-refractivity contribution >= 4 is 23.3 Å². The summed E-state index contributed by atoms with van der Waals surface area (Å²) in [5.41, 5.74) is 1.11. The molecule has 5 heteroatoms. The Morgan fingerprint density at radius 3 is 2.10 bits per heavy atom. The van der Waals surface area contributed by atoms with Crippen molar-refractivity contribution in [3.8, 4) is 0 Å². The van der Waals surface area contributed by atoms with Crippen LogP contribution >= 0.6 is 0 Å². The zero-order chi connectivity index (χ0) is 20.2. The van der Waals surface area contributed by atoms with Crippen molar-refractivity contribution in [3.05, 3.63) is 29.8 Å². The molecular formula is C24H30N2O3. The normalized spacial score (nSPS) is 35.0. The first-order valence-corrected chi connectivity index (χ1v) is 11.2. The topological polar surface area (TPSA) is 66.5 Å². The van der Waals surface area contributed by atoms with Crippen molar-refractivity contribution in [2.45, 2.75) is 64.3 Å². The van der Waals surface area contributed by atoms with Gasteiger partial charge in [-0.25, -0.2) is 0 Å². The van der Waals surface area contributed by atoms with Crippen molar-refractivity contribution in [3.63, 3.8) is 0 Å². The minimum atomic E-state index is -0.372. The van der Waals surface area contributed by atoms with Gasteiger partial charge in [-0.1, -0.05) is 0 Å². The van der Waals surface area contributed by atoms with Crippen LogP contribution in [0.15, 0.2) is 24.3 Å². The summed E-state index contributed by atoms with van der Waals surface area (Å²) >= 11 is 0. The van der Waals surface area contributed by atoms with Gasteiger partial charge in [-0.3, -0.25) is 14.4 Å². The highest BCUT2D eigenvalue weighted by Gasteiger charge is 2.56. The van der Waals surface area contributed by atoms with E-state index in [-0.39, 0.29) is 29.1 Å². The van der Waals surface area contributed by atoms with E-state index in [1.54, 1.807) is 24.3 Å². The molecule has 2 amide bonds. The fourth-order valence-corrected chi connectivity index (χ4v) is 6.97. The van der Waals surface area contributed by atoms with E-state index in [0.29, 0.717) is 17.8 Å². The zero-order valence-electron chi connectivity index (χ0n) is 17.2. The van der Waals surface area contributed by atoms with Crippen LogP contribution in [0, 0.1) is 23.2 Å². The van der Waals surface area contributed by atoms with E-state index in [1.165, 1.54) is 26.2 Å². The lowest BCUT2D eigenvalue weighted by Gasteiger charge is -2.56. The molecule has 5 aliphatic rings. The van der Waals surface area contributed by atoms with Gasteiger partial charge >= 0.3 is 0 Å². The molecule has 0 spiro atoms. The van der Waals surface area contributed by atoms with Crippen LogP contribution in [0.5, 0.6) is 0 Å². The molecule has 1 N–H and O–H groups in total. The highest BCUT2D eigenvalue weighted by atomic mass is 16.2. The van der Waals surface area contributed by atoms with Crippen molar-refractivity contribution in [2.75, 3.05) is 11.9 Å². The molecule has 1 unspecified atom stereocenters. The van der Waals surface area contributed by atoms with E-state index in [1.807, 2.05) is 4.90 Å². The van der Waals surface area contributed by atoms with Crippen LogP contribution in [0.3, 0.4) is 0 Å². The van der Waals surface area contributed by atoms with E-state index in [9.17, 15) is 14.4 Å². The lowest BCUT2D eigenvalue weighted by atomic mass is 9.49. The molecule has 1 aromatic rings. The van der Waals surface area contributed by atoms with E-state index in [0.717, 1.165) is 49.9 Å². The van der Waals surface area contributed by atoms with Gasteiger partial charge in [-0.15, -0.1) is 0 Å². The summed E-state index contributed by atoms with van der Waals surface area (Å²) in [6.07, 6.45) is 8.67. The molecular weight excluding hydrogens is 364 g/mol. The number of rotatable bonds is 4. The fraction of sp³-hybridized carbons (Fsp3) is 0.625. The van der Waals surface area contributed by atoms with Crippen molar-refractivity contribution < 1.29 is 14.4 Å². The summed E-state index contributed by atoms with van der Waals surface area (Å²) in [6.45, 7) is 2.22. The summed E-state index contributed by atoms with van der Waals surface area (Å²) in [5.74, 6) is 2.32. The van der Waals surface area contributed by atoms with Gasteiger partial charge in [-0.05, 0) is 100 Å². The highest BCUT2D eigenvalue weighted by Crippen LogP contribution is 2.60. The molecule has 29 heavy (non-hydrogen) atoms. The molecule has 1 saturated heterocycles. The van der Waals surface area contributed by atoms with Crippen LogP contribution in [-0.2, 0) is 9.59 Å². The Bertz CT molecular complexity index is 809.